The Morgan fingerprint density at radius 1 is 1.67 bits per heavy atom. The van der Waals surface area contributed by atoms with Crippen molar-refractivity contribution in [2.75, 3.05) is 0 Å². The average molecular weight is 140 g/mol. The van der Waals surface area contributed by atoms with Crippen LogP contribution in [0.5, 0.6) is 0 Å². The Kier molecular flexibility index (Phi) is 4.31. The SMILES string of the molecule is C=C(C)C(=O)[Si]CCC. The third-order valence-electron chi connectivity index (χ3n) is 0.923. The van der Waals surface area contributed by atoms with E-state index in [9.17, 15) is 4.79 Å². The van der Waals surface area contributed by atoms with E-state index in [1.165, 1.54) is 0 Å². The molecule has 50 valence electrons. The lowest BCUT2D eigenvalue weighted by atomic mass is 10.4. The fourth-order valence-electron chi connectivity index (χ4n) is 0.389. The van der Waals surface area contributed by atoms with Crippen LogP contribution in [-0.2, 0) is 4.79 Å². The molecule has 0 aliphatic heterocycles. The Morgan fingerprint density at radius 3 is 2.56 bits per heavy atom. The molecule has 0 aromatic carbocycles. The highest BCUT2D eigenvalue weighted by Gasteiger charge is 2.00. The number of carbonyl (C=O) groups excluding carboxylic acids is 1. The lowest BCUT2D eigenvalue weighted by Gasteiger charge is -1.93. The summed E-state index contributed by atoms with van der Waals surface area (Å²) in [6.07, 6.45) is 1.09. The molecule has 0 rings (SSSR count). The fraction of sp³-hybridized carbons (Fsp3) is 0.571. The summed E-state index contributed by atoms with van der Waals surface area (Å²) in [5.41, 5.74) is 0.696. The third kappa shape index (κ3) is 4.15. The van der Waals surface area contributed by atoms with Gasteiger partial charge in [-0.2, -0.15) is 0 Å². The summed E-state index contributed by atoms with van der Waals surface area (Å²) in [5, 5.41) is 0.233. The van der Waals surface area contributed by atoms with Crippen LogP contribution < -0.4 is 0 Å². The zero-order valence-corrected chi connectivity index (χ0v) is 7.03. The van der Waals surface area contributed by atoms with Gasteiger partial charge in [0.25, 0.3) is 0 Å². The summed E-state index contributed by atoms with van der Waals surface area (Å²) in [4.78, 5) is 10.8. The van der Waals surface area contributed by atoms with E-state index in [0.717, 1.165) is 12.5 Å². The Labute approximate surface area is 59.0 Å². The van der Waals surface area contributed by atoms with Crippen LogP contribution in [0.25, 0.3) is 0 Å². The molecule has 9 heavy (non-hydrogen) atoms. The second kappa shape index (κ2) is 4.50. The summed E-state index contributed by atoms with van der Waals surface area (Å²) in [6, 6.07) is 1.02. The number of carbonyl (C=O) groups is 1. The van der Waals surface area contributed by atoms with Crippen molar-refractivity contribution in [1.82, 2.24) is 0 Å². The van der Waals surface area contributed by atoms with E-state index in [-0.39, 0.29) is 5.41 Å². The number of hydrogen-bond donors (Lipinski definition) is 0. The van der Waals surface area contributed by atoms with E-state index in [1.54, 1.807) is 6.92 Å². The first kappa shape index (κ1) is 8.63. The summed E-state index contributed by atoms with van der Waals surface area (Å²) < 4.78 is 0. The van der Waals surface area contributed by atoms with Gasteiger partial charge in [-0.3, -0.25) is 0 Å². The number of allylic oxidation sites excluding steroid dienone is 1. The van der Waals surface area contributed by atoms with E-state index in [2.05, 4.69) is 13.5 Å². The Morgan fingerprint density at radius 2 is 2.22 bits per heavy atom. The minimum atomic E-state index is 0.233. The molecule has 0 heterocycles. The molecule has 0 saturated heterocycles. The van der Waals surface area contributed by atoms with Crippen molar-refractivity contribution in [1.29, 1.82) is 0 Å². The molecule has 0 atom stereocenters. The van der Waals surface area contributed by atoms with Crippen LogP contribution in [0, 0.1) is 0 Å². The van der Waals surface area contributed by atoms with Crippen molar-refractivity contribution in [3.63, 3.8) is 0 Å². The van der Waals surface area contributed by atoms with Crippen LogP contribution in [-0.4, -0.2) is 14.9 Å². The second-order valence-electron chi connectivity index (χ2n) is 2.04. The molecule has 0 bridgehead atoms. The summed E-state index contributed by atoms with van der Waals surface area (Å²) >= 11 is 0. The van der Waals surface area contributed by atoms with Gasteiger partial charge in [-0.25, -0.2) is 0 Å². The Balaban J connectivity index is 3.39. The average Bonchev–Trinajstić information content (AvgIpc) is 1.82. The first-order chi connectivity index (χ1) is 4.18. The molecule has 2 heteroatoms. The van der Waals surface area contributed by atoms with E-state index < -0.39 is 0 Å². The van der Waals surface area contributed by atoms with Crippen molar-refractivity contribution in [2.45, 2.75) is 26.3 Å². The van der Waals surface area contributed by atoms with E-state index in [1.807, 2.05) is 0 Å². The molecule has 0 aliphatic rings. The molecule has 0 saturated carbocycles. The summed E-state index contributed by atoms with van der Waals surface area (Å²) in [7, 11) is 0.448. The number of rotatable bonds is 4. The maximum absolute atomic E-state index is 10.8. The predicted octanol–water partition coefficient (Wildman–Crippen LogP) is 1.62. The molecular weight excluding hydrogens is 128 g/mol. The molecule has 0 aliphatic carbocycles. The fourth-order valence-corrected chi connectivity index (χ4v) is 1.17. The molecule has 0 fully saturated rings. The predicted molar refractivity (Wildman–Crippen MR) is 40.7 cm³/mol. The maximum atomic E-state index is 10.8. The van der Waals surface area contributed by atoms with E-state index in [4.69, 9.17) is 0 Å². The van der Waals surface area contributed by atoms with Gasteiger partial charge in [0.2, 0.25) is 0 Å². The van der Waals surface area contributed by atoms with Crippen molar-refractivity contribution >= 4 is 14.9 Å². The third-order valence-corrected chi connectivity index (χ3v) is 2.42. The van der Waals surface area contributed by atoms with Gasteiger partial charge in [0.15, 0.2) is 0 Å². The van der Waals surface area contributed by atoms with E-state index in [0.29, 0.717) is 15.1 Å². The number of hydrogen-bond acceptors (Lipinski definition) is 1. The van der Waals surface area contributed by atoms with E-state index >= 15 is 0 Å². The smallest absolute Gasteiger partial charge is 0.139 e. The minimum Gasteiger partial charge on any atom is -0.301 e. The van der Waals surface area contributed by atoms with Crippen LogP contribution in [0.15, 0.2) is 12.2 Å². The van der Waals surface area contributed by atoms with Crippen molar-refractivity contribution < 1.29 is 4.79 Å². The lowest BCUT2D eigenvalue weighted by Crippen LogP contribution is -2.08. The standard InChI is InChI=1S/C7H12OSi/c1-4-5-9-7(8)6(2)3/h2,4-5H2,1,3H3. The Bertz CT molecular complexity index is 118. The summed E-state index contributed by atoms with van der Waals surface area (Å²) in [5.74, 6) is 0. The van der Waals surface area contributed by atoms with Crippen LogP contribution in [0.1, 0.15) is 20.3 Å². The first-order valence-electron chi connectivity index (χ1n) is 3.12. The van der Waals surface area contributed by atoms with Crippen molar-refractivity contribution in [2.24, 2.45) is 0 Å². The highest BCUT2D eigenvalue weighted by molar-refractivity contribution is 6.77. The second-order valence-corrected chi connectivity index (χ2v) is 3.34. The topological polar surface area (TPSA) is 17.1 Å². The first-order valence-corrected chi connectivity index (χ1v) is 4.33. The normalized spacial score (nSPS) is 9.11. The largest absolute Gasteiger partial charge is 0.301 e. The maximum Gasteiger partial charge on any atom is 0.139 e. The molecule has 0 unspecified atom stereocenters. The molecule has 0 spiro atoms. The van der Waals surface area contributed by atoms with Gasteiger partial charge >= 0.3 is 0 Å². The van der Waals surface area contributed by atoms with Gasteiger partial charge in [0, 0.05) is 0 Å². The molecule has 2 radical (unpaired) electrons. The van der Waals surface area contributed by atoms with Gasteiger partial charge in [-0.1, -0.05) is 26.0 Å². The minimum absolute atomic E-state index is 0.233. The highest BCUT2D eigenvalue weighted by Crippen LogP contribution is 1.92. The Hall–Kier alpha value is -0.373. The quantitative estimate of drug-likeness (QED) is 0.428. The van der Waals surface area contributed by atoms with Gasteiger partial charge in [-0.15, -0.1) is 0 Å². The van der Waals surface area contributed by atoms with Crippen molar-refractivity contribution in [3.8, 4) is 0 Å². The lowest BCUT2D eigenvalue weighted by molar-refractivity contribution is -0.108. The molecule has 1 nitrogen and oxygen atoms in total. The van der Waals surface area contributed by atoms with Gasteiger partial charge < -0.3 is 4.79 Å². The van der Waals surface area contributed by atoms with Crippen LogP contribution >= 0.6 is 0 Å². The molecule has 0 aromatic rings. The highest BCUT2D eigenvalue weighted by atomic mass is 28.2. The zero-order valence-electron chi connectivity index (χ0n) is 6.03. The zero-order chi connectivity index (χ0) is 7.28. The van der Waals surface area contributed by atoms with Gasteiger partial charge in [0.05, 0.1) is 0 Å². The van der Waals surface area contributed by atoms with Crippen LogP contribution in [0.2, 0.25) is 6.04 Å². The summed E-state index contributed by atoms with van der Waals surface area (Å²) in [6.45, 7) is 7.42. The molecular formula is C7H12OSi. The van der Waals surface area contributed by atoms with Gasteiger partial charge in [-0.05, 0) is 12.5 Å². The van der Waals surface area contributed by atoms with Crippen LogP contribution in [0.4, 0.5) is 0 Å². The molecule has 0 aromatic heterocycles. The monoisotopic (exact) mass is 140 g/mol. The molecule has 0 amide bonds. The van der Waals surface area contributed by atoms with Crippen LogP contribution in [0.3, 0.4) is 0 Å². The molecule has 0 N–H and O–H groups in total. The van der Waals surface area contributed by atoms with Crippen molar-refractivity contribution in [3.05, 3.63) is 12.2 Å². The van der Waals surface area contributed by atoms with Gasteiger partial charge in [0.1, 0.15) is 14.9 Å².